The van der Waals surface area contributed by atoms with E-state index in [0.717, 1.165) is 0 Å². The highest BCUT2D eigenvalue weighted by atomic mass is 16.5. The maximum atomic E-state index is 8.99. The molecule has 0 fully saturated rings. The Hall–Kier alpha value is -2.20. The molecule has 100 valence electrons. The second kappa shape index (κ2) is 5.63. The molecule has 0 bridgehead atoms. The minimum absolute atomic E-state index is 0.0226. The van der Waals surface area contributed by atoms with Crippen molar-refractivity contribution in [2.75, 3.05) is 7.11 Å². The average Bonchev–Trinajstić information content (AvgIpc) is 2.97. The third-order valence-corrected chi connectivity index (χ3v) is 2.75. The Morgan fingerprint density at radius 1 is 1.37 bits per heavy atom. The van der Waals surface area contributed by atoms with Gasteiger partial charge in [-0.1, -0.05) is 10.3 Å². The van der Waals surface area contributed by atoms with Crippen LogP contribution in [0.4, 0.5) is 0 Å². The predicted octanol–water partition coefficient (Wildman–Crippen LogP) is 1.41. The summed E-state index contributed by atoms with van der Waals surface area (Å²) in [4.78, 5) is 4.23. The van der Waals surface area contributed by atoms with Crippen molar-refractivity contribution in [3.8, 4) is 6.07 Å². The van der Waals surface area contributed by atoms with Crippen LogP contribution in [0.15, 0.2) is 9.05 Å². The molecule has 7 heteroatoms. The number of methoxy groups -OCH3 is 1. The highest BCUT2D eigenvalue weighted by Crippen LogP contribution is 2.15. The van der Waals surface area contributed by atoms with Crippen LogP contribution >= 0.6 is 0 Å². The third kappa shape index (κ3) is 2.98. The lowest BCUT2D eigenvalue weighted by Gasteiger charge is -2.03. The van der Waals surface area contributed by atoms with Gasteiger partial charge in [0, 0.05) is 13.5 Å². The lowest BCUT2D eigenvalue weighted by atomic mass is 10.1. The fourth-order valence-corrected chi connectivity index (χ4v) is 1.61. The molecule has 2 aromatic rings. The van der Waals surface area contributed by atoms with Gasteiger partial charge in [0.2, 0.25) is 5.89 Å². The van der Waals surface area contributed by atoms with Crippen LogP contribution in [0.5, 0.6) is 0 Å². The van der Waals surface area contributed by atoms with E-state index in [1.54, 1.807) is 14.0 Å². The number of ether oxygens (including phenoxy) is 1. The highest BCUT2D eigenvalue weighted by Gasteiger charge is 2.17. The smallest absolute Gasteiger partial charge is 0.232 e. The fraction of sp³-hybridized carbons (Fsp3) is 0.500. The molecule has 0 spiro atoms. The fourth-order valence-electron chi connectivity index (χ4n) is 1.61. The van der Waals surface area contributed by atoms with Crippen LogP contribution < -0.4 is 0 Å². The normalized spacial score (nSPS) is 12.3. The summed E-state index contributed by atoms with van der Waals surface area (Å²) in [5, 5.41) is 16.7. The molecule has 0 saturated heterocycles. The molecule has 0 radical (unpaired) electrons. The van der Waals surface area contributed by atoms with Gasteiger partial charge >= 0.3 is 0 Å². The highest BCUT2D eigenvalue weighted by molar-refractivity contribution is 5.36. The van der Waals surface area contributed by atoms with Crippen molar-refractivity contribution in [3.05, 3.63) is 28.7 Å². The van der Waals surface area contributed by atoms with Crippen LogP contribution in [0.2, 0.25) is 0 Å². The van der Waals surface area contributed by atoms with Gasteiger partial charge in [0.1, 0.15) is 17.3 Å². The van der Waals surface area contributed by atoms with Gasteiger partial charge in [-0.05, 0) is 13.8 Å². The maximum absolute atomic E-state index is 8.99. The number of aryl methyl sites for hydroxylation is 1. The van der Waals surface area contributed by atoms with Crippen LogP contribution in [0.3, 0.4) is 0 Å². The standard InChI is InChI=1S/C12H14N4O3/c1-7(17-3)4-11-14-12(19-16-11)5-10-9(6-13)8(2)18-15-10/h7H,4-5H2,1-3H3. The van der Waals surface area contributed by atoms with Crippen LogP contribution in [0, 0.1) is 18.3 Å². The van der Waals surface area contributed by atoms with Gasteiger partial charge < -0.3 is 13.8 Å². The third-order valence-electron chi connectivity index (χ3n) is 2.75. The molecule has 1 unspecified atom stereocenters. The van der Waals surface area contributed by atoms with Gasteiger partial charge in [-0.25, -0.2) is 0 Å². The number of nitriles is 1. The number of rotatable bonds is 5. The number of hydrogen-bond donors (Lipinski definition) is 0. The Bertz CT molecular complexity index is 596. The first kappa shape index (κ1) is 13.2. The van der Waals surface area contributed by atoms with E-state index in [-0.39, 0.29) is 12.5 Å². The lowest BCUT2D eigenvalue weighted by molar-refractivity contribution is 0.116. The first-order chi connectivity index (χ1) is 9.13. The number of hydrogen-bond acceptors (Lipinski definition) is 7. The summed E-state index contributed by atoms with van der Waals surface area (Å²) < 4.78 is 15.2. The molecule has 1 atom stereocenters. The largest absolute Gasteiger partial charge is 0.381 e. The van der Waals surface area contributed by atoms with Crippen LogP contribution in [-0.4, -0.2) is 28.5 Å². The van der Waals surface area contributed by atoms with E-state index in [1.165, 1.54) is 0 Å². The zero-order chi connectivity index (χ0) is 13.8. The van der Waals surface area contributed by atoms with Gasteiger partial charge in [-0.15, -0.1) is 0 Å². The second-order valence-electron chi connectivity index (χ2n) is 4.20. The van der Waals surface area contributed by atoms with Crippen LogP contribution in [-0.2, 0) is 17.6 Å². The Balaban J connectivity index is 2.10. The monoisotopic (exact) mass is 262 g/mol. The Kier molecular flexibility index (Phi) is 3.92. The molecule has 7 nitrogen and oxygen atoms in total. The summed E-state index contributed by atoms with van der Waals surface area (Å²) >= 11 is 0. The average molecular weight is 262 g/mol. The van der Waals surface area contributed by atoms with Crippen molar-refractivity contribution in [1.29, 1.82) is 5.26 Å². The molecule has 2 heterocycles. The van der Waals surface area contributed by atoms with Crippen molar-refractivity contribution in [1.82, 2.24) is 15.3 Å². The lowest BCUT2D eigenvalue weighted by Crippen LogP contribution is -2.09. The molecule has 2 rings (SSSR count). The van der Waals surface area contributed by atoms with E-state index in [2.05, 4.69) is 15.3 Å². The molecule has 0 N–H and O–H groups in total. The van der Waals surface area contributed by atoms with E-state index in [1.807, 2.05) is 13.0 Å². The van der Waals surface area contributed by atoms with Gasteiger partial charge in [-0.3, -0.25) is 0 Å². The minimum atomic E-state index is 0.0226. The molecular formula is C12H14N4O3. The van der Waals surface area contributed by atoms with Gasteiger partial charge in [0.15, 0.2) is 11.6 Å². The zero-order valence-electron chi connectivity index (χ0n) is 11.0. The quantitative estimate of drug-likeness (QED) is 0.803. The van der Waals surface area contributed by atoms with E-state index < -0.39 is 0 Å². The topological polar surface area (TPSA) is 98.0 Å². The predicted molar refractivity (Wildman–Crippen MR) is 63.2 cm³/mol. The van der Waals surface area contributed by atoms with Gasteiger partial charge in [-0.2, -0.15) is 10.2 Å². The Labute approximate surface area is 110 Å². The van der Waals surface area contributed by atoms with E-state index >= 15 is 0 Å². The molecule has 19 heavy (non-hydrogen) atoms. The Morgan fingerprint density at radius 2 is 2.16 bits per heavy atom. The van der Waals surface area contributed by atoms with Gasteiger partial charge in [0.05, 0.1) is 12.5 Å². The summed E-state index contributed by atoms with van der Waals surface area (Å²) in [5.74, 6) is 1.47. The molecule has 0 aliphatic rings. The number of nitrogens with zero attached hydrogens (tertiary/aromatic N) is 4. The van der Waals surface area contributed by atoms with Gasteiger partial charge in [0.25, 0.3) is 0 Å². The summed E-state index contributed by atoms with van der Waals surface area (Å²) in [7, 11) is 1.63. The first-order valence-corrected chi connectivity index (χ1v) is 5.83. The Morgan fingerprint density at radius 3 is 2.84 bits per heavy atom. The SMILES string of the molecule is COC(C)Cc1noc(Cc2noc(C)c2C#N)n1. The molecule has 0 aliphatic carbocycles. The first-order valence-electron chi connectivity index (χ1n) is 5.83. The zero-order valence-corrected chi connectivity index (χ0v) is 11.0. The van der Waals surface area contributed by atoms with Crippen molar-refractivity contribution in [2.24, 2.45) is 0 Å². The summed E-state index contributed by atoms with van der Waals surface area (Å²) in [6.45, 7) is 3.61. The van der Waals surface area contributed by atoms with Crippen LogP contribution in [0.1, 0.15) is 35.7 Å². The van der Waals surface area contributed by atoms with Crippen LogP contribution in [0.25, 0.3) is 0 Å². The molecule has 0 aromatic carbocycles. The van der Waals surface area contributed by atoms with Crippen molar-refractivity contribution >= 4 is 0 Å². The molecule has 2 aromatic heterocycles. The molecule has 0 amide bonds. The minimum Gasteiger partial charge on any atom is -0.381 e. The summed E-state index contributed by atoms with van der Waals surface area (Å²) in [6, 6.07) is 2.05. The summed E-state index contributed by atoms with van der Waals surface area (Å²) in [5.41, 5.74) is 0.931. The maximum Gasteiger partial charge on any atom is 0.232 e. The van der Waals surface area contributed by atoms with Crippen molar-refractivity contribution in [3.63, 3.8) is 0 Å². The van der Waals surface area contributed by atoms with Crippen molar-refractivity contribution < 1.29 is 13.8 Å². The molecule has 0 saturated carbocycles. The summed E-state index contributed by atoms with van der Waals surface area (Å²) in [6.07, 6.45) is 0.881. The van der Waals surface area contributed by atoms with Crippen molar-refractivity contribution in [2.45, 2.75) is 32.8 Å². The molecular weight excluding hydrogens is 248 g/mol. The van der Waals surface area contributed by atoms with E-state index in [9.17, 15) is 0 Å². The second-order valence-corrected chi connectivity index (χ2v) is 4.20. The van der Waals surface area contributed by atoms with E-state index in [0.29, 0.717) is 35.2 Å². The van der Waals surface area contributed by atoms with E-state index in [4.69, 9.17) is 19.0 Å². The molecule has 0 aliphatic heterocycles. The number of aromatic nitrogens is 3.